The van der Waals surface area contributed by atoms with Crippen molar-refractivity contribution in [3.05, 3.63) is 60.8 Å². The molecule has 11 heteroatoms. The number of hydrogen-bond acceptors (Lipinski definition) is 9. The van der Waals surface area contributed by atoms with Crippen molar-refractivity contribution >= 4 is 19.8 Å². The largest absolute Gasteiger partial charge is 0.472 e. The molecule has 0 aromatic rings. The number of ether oxygens (including phenoxy) is 2. The summed E-state index contributed by atoms with van der Waals surface area (Å²) in [6.07, 6.45) is 41.8. The van der Waals surface area contributed by atoms with E-state index >= 15 is 0 Å². The van der Waals surface area contributed by atoms with Gasteiger partial charge in [0.2, 0.25) is 0 Å². The first kappa shape index (κ1) is 51.7. The Balaban J connectivity index is 4.40. The fourth-order valence-electron chi connectivity index (χ4n) is 5.21. The minimum Gasteiger partial charge on any atom is -0.462 e. The second kappa shape index (κ2) is 38.9. The van der Waals surface area contributed by atoms with Gasteiger partial charge in [-0.15, -0.1) is 0 Å². The van der Waals surface area contributed by atoms with Crippen LogP contribution in [0.5, 0.6) is 0 Å². The van der Waals surface area contributed by atoms with Gasteiger partial charge in [0.1, 0.15) is 12.7 Å². The number of aliphatic hydroxyl groups excluding tert-OH is 2. The number of hydrogen-bond donors (Lipinski definition) is 3. The van der Waals surface area contributed by atoms with E-state index < -0.39 is 51.8 Å². The average Bonchev–Trinajstić information content (AvgIpc) is 3.16. The Morgan fingerprint density at radius 2 is 1.02 bits per heavy atom. The summed E-state index contributed by atoms with van der Waals surface area (Å²) in [6, 6.07) is 0. The van der Waals surface area contributed by atoms with Gasteiger partial charge in [0.25, 0.3) is 0 Å². The van der Waals surface area contributed by atoms with Crippen LogP contribution in [0.4, 0.5) is 0 Å². The van der Waals surface area contributed by atoms with Crippen molar-refractivity contribution in [1.82, 2.24) is 0 Å². The lowest BCUT2D eigenvalue weighted by Gasteiger charge is -2.20. The molecule has 0 rings (SSSR count). The summed E-state index contributed by atoms with van der Waals surface area (Å²) in [7, 11) is -4.63. The molecule has 0 heterocycles. The molecular formula is C43H75O10P. The van der Waals surface area contributed by atoms with Gasteiger partial charge in [-0.25, -0.2) is 4.57 Å². The standard InChI is InChI=1S/C43H75O10P/c1-3-5-7-9-11-13-15-17-19-20-21-23-25-27-29-31-33-35-43(47)53-41(39-52-54(48,49)51-37-40(45)36-44)38-50-42(46)34-32-30-28-26-24-22-18-16-14-12-10-8-6-4-2/h5,7,11,13,16-19,21,23,40-41,44-45H,3-4,6,8-10,12,14-15,20,22,24-39H2,1-2H3,(H,48,49)/b7-5-,13-11-,18-16-,19-17-,23-21-. The first-order valence-corrected chi connectivity index (χ1v) is 22.2. The Labute approximate surface area is 327 Å². The summed E-state index contributed by atoms with van der Waals surface area (Å²) in [5.74, 6) is -0.967. The first-order chi connectivity index (χ1) is 26.2. The molecule has 0 aliphatic rings. The van der Waals surface area contributed by atoms with Crippen molar-refractivity contribution in [3.8, 4) is 0 Å². The Morgan fingerprint density at radius 1 is 0.574 bits per heavy atom. The van der Waals surface area contributed by atoms with E-state index in [-0.39, 0.29) is 19.4 Å². The van der Waals surface area contributed by atoms with Gasteiger partial charge in [0.15, 0.2) is 6.10 Å². The highest BCUT2D eigenvalue weighted by Crippen LogP contribution is 2.43. The number of aliphatic hydroxyl groups is 2. The van der Waals surface area contributed by atoms with Crippen LogP contribution in [-0.2, 0) is 32.7 Å². The molecule has 0 saturated carbocycles. The van der Waals surface area contributed by atoms with Crippen LogP contribution in [-0.4, -0.2) is 65.7 Å². The van der Waals surface area contributed by atoms with Crippen molar-refractivity contribution in [3.63, 3.8) is 0 Å². The van der Waals surface area contributed by atoms with Crippen molar-refractivity contribution in [2.24, 2.45) is 0 Å². The van der Waals surface area contributed by atoms with Gasteiger partial charge in [-0.2, -0.15) is 0 Å². The van der Waals surface area contributed by atoms with Crippen LogP contribution in [0.1, 0.15) is 162 Å². The van der Waals surface area contributed by atoms with Gasteiger partial charge in [-0.05, 0) is 77.0 Å². The number of carbonyl (C=O) groups is 2. The monoisotopic (exact) mass is 783 g/mol. The van der Waals surface area contributed by atoms with Gasteiger partial charge in [0, 0.05) is 12.8 Å². The van der Waals surface area contributed by atoms with Gasteiger partial charge < -0.3 is 24.6 Å². The minimum absolute atomic E-state index is 0.152. The summed E-state index contributed by atoms with van der Waals surface area (Å²) in [6.45, 7) is 2.20. The number of rotatable bonds is 38. The lowest BCUT2D eigenvalue weighted by molar-refractivity contribution is -0.161. The van der Waals surface area contributed by atoms with Crippen LogP contribution in [0.15, 0.2) is 60.8 Å². The van der Waals surface area contributed by atoms with E-state index in [9.17, 15) is 24.2 Å². The number of carbonyl (C=O) groups excluding carboxylic acids is 2. The Kier molecular flexibility index (Phi) is 37.2. The maximum atomic E-state index is 12.6. The molecule has 3 unspecified atom stereocenters. The van der Waals surface area contributed by atoms with Crippen LogP contribution < -0.4 is 0 Å². The molecule has 3 N–H and O–H groups in total. The molecule has 0 radical (unpaired) electrons. The normalized spacial score (nSPS) is 14.5. The number of unbranched alkanes of at least 4 members (excludes halogenated alkanes) is 14. The predicted molar refractivity (Wildman–Crippen MR) is 219 cm³/mol. The lowest BCUT2D eigenvalue weighted by Crippen LogP contribution is -2.29. The summed E-state index contributed by atoms with van der Waals surface area (Å²) in [5.41, 5.74) is 0. The van der Waals surface area contributed by atoms with Crippen LogP contribution in [0, 0.1) is 0 Å². The maximum Gasteiger partial charge on any atom is 0.472 e. The third kappa shape index (κ3) is 38.0. The molecule has 3 atom stereocenters. The molecule has 0 spiro atoms. The quantitative estimate of drug-likeness (QED) is 0.0239. The molecule has 0 aliphatic heterocycles. The Hall–Kier alpha value is -2.33. The van der Waals surface area contributed by atoms with E-state index in [1.54, 1.807) is 0 Å². The van der Waals surface area contributed by atoms with E-state index in [4.69, 9.17) is 19.1 Å². The van der Waals surface area contributed by atoms with E-state index in [1.807, 2.05) is 0 Å². The van der Waals surface area contributed by atoms with Crippen LogP contribution >= 0.6 is 7.82 Å². The summed E-state index contributed by atoms with van der Waals surface area (Å²) in [5, 5.41) is 18.3. The topological polar surface area (TPSA) is 149 Å². The van der Waals surface area contributed by atoms with Crippen LogP contribution in [0.2, 0.25) is 0 Å². The second-order valence-electron chi connectivity index (χ2n) is 13.6. The smallest absolute Gasteiger partial charge is 0.462 e. The molecule has 0 fully saturated rings. The number of phosphoric acid groups is 1. The number of allylic oxidation sites excluding steroid dienone is 10. The van der Waals surface area contributed by atoms with Gasteiger partial charge in [-0.3, -0.25) is 18.6 Å². The average molecular weight is 783 g/mol. The molecular weight excluding hydrogens is 707 g/mol. The molecule has 0 saturated heterocycles. The van der Waals surface area contributed by atoms with Gasteiger partial charge >= 0.3 is 19.8 Å². The highest BCUT2D eigenvalue weighted by atomic mass is 31.2. The van der Waals surface area contributed by atoms with Crippen LogP contribution in [0.25, 0.3) is 0 Å². The van der Waals surface area contributed by atoms with E-state index in [2.05, 4.69) is 79.1 Å². The minimum atomic E-state index is -4.63. The first-order valence-electron chi connectivity index (χ1n) is 20.7. The van der Waals surface area contributed by atoms with Crippen molar-refractivity contribution in [2.75, 3.05) is 26.4 Å². The van der Waals surface area contributed by atoms with E-state index in [0.29, 0.717) is 12.8 Å². The summed E-state index contributed by atoms with van der Waals surface area (Å²) in [4.78, 5) is 34.9. The number of esters is 2. The molecule has 0 bridgehead atoms. The highest BCUT2D eigenvalue weighted by molar-refractivity contribution is 7.47. The Morgan fingerprint density at radius 3 is 1.56 bits per heavy atom. The van der Waals surface area contributed by atoms with Crippen molar-refractivity contribution in [2.45, 2.75) is 174 Å². The highest BCUT2D eigenvalue weighted by Gasteiger charge is 2.27. The third-order valence-corrected chi connectivity index (χ3v) is 9.36. The third-order valence-electron chi connectivity index (χ3n) is 8.41. The fraction of sp³-hybridized carbons (Fsp3) is 0.721. The van der Waals surface area contributed by atoms with Crippen molar-refractivity contribution < 1.29 is 47.8 Å². The molecule has 0 amide bonds. The summed E-state index contributed by atoms with van der Waals surface area (Å²) < 4.78 is 32.6. The fourth-order valence-corrected chi connectivity index (χ4v) is 6.00. The van der Waals surface area contributed by atoms with E-state index in [0.717, 1.165) is 89.9 Å². The second-order valence-corrected chi connectivity index (χ2v) is 15.1. The van der Waals surface area contributed by atoms with Gasteiger partial charge in [-0.1, -0.05) is 132 Å². The van der Waals surface area contributed by atoms with Crippen LogP contribution in [0.3, 0.4) is 0 Å². The van der Waals surface area contributed by atoms with Crippen molar-refractivity contribution in [1.29, 1.82) is 0 Å². The predicted octanol–water partition coefficient (Wildman–Crippen LogP) is 10.7. The maximum absolute atomic E-state index is 12.6. The molecule has 0 aromatic heterocycles. The number of phosphoric ester groups is 1. The zero-order chi connectivity index (χ0) is 39.8. The summed E-state index contributed by atoms with van der Waals surface area (Å²) >= 11 is 0. The SMILES string of the molecule is CC/C=C\C/C=C\C/C=C\C/C=C\CCCCCCC(=O)OC(COC(=O)CCCCCCC/C=C\CCCCCCC)COP(=O)(O)OCC(O)CO. The zero-order valence-electron chi connectivity index (χ0n) is 33.7. The molecule has 0 aliphatic carbocycles. The molecule has 54 heavy (non-hydrogen) atoms. The lowest BCUT2D eigenvalue weighted by atomic mass is 10.1. The van der Waals surface area contributed by atoms with E-state index in [1.165, 1.54) is 32.1 Å². The Bertz CT molecular complexity index is 1080. The van der Waals surface area contributed by atoms with Gasteiger partial charge in [0.05, 0.1) is 19.8 Å². The molecule has 312 valence electrons. The molecule has 10 nitrogen and oxygen atoms in total. The zero-order valence-corrected chi connectivity index (χ0v) is 34.6. The molecule has 0 aromatic carbocycles.